The molecule has 0 aliphatic carbocycles. The van der Waals surface area contributed by atoms with Crippen molar-refractivity contribution in [2.45, 2.75) is 25.8 Å². The normalized spacial score (nSPS) is 16.9. The number of ketones is 1. The molecule has 3 aromatic carbocycles. The molecule has 1 atom stereocenters. The molecular weight excluding hydrogens is 523 g/mol. The molecule has 6 nitrogen and oxygen atoms in total. The van der Waals surface area contributed by atoms with Crippen LogP contribution in [0.1, 0.15) is 35.2 Å². The number of likely N-dealkylation sites (tertiary alicyclic amines) is 1. The van der Waals surface area contributed by atoms with Gasteiger partial charge in [-0.05, 0) is 65.9 Å². The molecule has 4 aromatic rings. The summed E-state index contributed by atoms with van der Waals surface area (Å²) in [5.74, 6) is -1.01. The van der Waals surface area contributed by atoms with Crippen molar-refractivity contribution in [3.63, 3.8) is 0 Å². The number of ether oxygens (including phenoxy) is 1. The van der Waals surface area contributed by atoms with Crippen LogP contribution in [0.15, 0.2) is 72.4 Å². The van der Waals surface area contributed by atoms with Gasteiger partial charge in [0.25, 0.3) is 11.7 Å². The second-order valence-corrected chi connectivity index (χ2v) is 10.0. The maximum atomic E-state index is 13.4. The first kappa shape index (κ1) is 25.9. The third-order valence-corrected chi connectivity index (χ3v) is 7.57. The van der Waals surface area contributed by atoms with Crippen molar-refractivity contribution < 1.29 is 19.4 Å². The fraction of sp³-hybridized carbons (Fsp3) is 0.200. The third kappa shape index (κ3) is 4.66. The van der Waals surface area contributed by atoms with Gasteiger partial charge >= 0.3 is 0 Å². The molecule has 2 N–H and O–H groups in total. The molecule has 0 spiro atoms. The van der Waals surface area contributed by atoms with Crippen molar-refractivity contribution in [1.82, 2.24) is 9.88 Å². The SMILES string of the molecule is CCc1ccc(C2/C(=C(/O)c3ccc(Cl)cc3Cl)C(=O)C(=O)N2CCc2c[nH]c3ccc(OC)cc23)cc1. The number of benzene rings is 3. The number of hydrogen-bond acceptors (Lipinski definition) is 4. The Morgan fingerprint density at radius 3 is 2.50 bits per heavy atom. The summed E-state index contributed by atoms with van der Waals surface area (Å²) in [5, 5.41) is 12.9. The molecule has 2 heterocycles. The Bertz CT molecular complexity index is 1570. The Hall–Kier alpha value is -3.74. The van der Waals surface area contributed by atoms with E-state index in [1.807, 2.05) is 48.7 Å². The lowest BCUT2D eigenvalue weighted by Gasteiger charge is -2.25. The Morgan fingerprint density at radius 2 is 1.82 bits per heavy atom. The number of aromatic nitrogens is 1. The average molecular weight is 549 g/mol. The van der Waals surface area contributed by atoms with E-state index in [0.29, 0.717) is 11.4 Å². The van der Waals surface area contributed by atoms with Gasteiger partial charge < -0.3 is 19.7 Å². The maximum absolute atomic E-state index is 13.4. The van der Waals surface area contributed by atoms with Crippen molar-refractivity contribution in [2.75, 3.05) is 13.7 Å². The first-order chi connectivity index (χ1) is 18.3. The van der Waals surface area contributed by atoms with E-state index < -0.39 is 17.7 Å². The number of nitrogens with one attached hydrogen (secondary N) is 1. The molecule has 5 rings (SSSR count). The highest BCUT2D eigenvalue weighted by atomic mass is 35.5. The number of aromatic amines is 1. The third-order valence-electron chi connectivity index (χ3n) is 7.03. The van der Waals surface area contributed by atoms with E-state index in [1.165, 1.54) is 11.0 Å². The predicted octanol–water partition coefficient (Wildman–Crippen LogP) is 6.71. The van der Waals surface area contributed by atoms with Crippen LogP contribution < -0.4 is 4.74 Å². The minimum atomic E-state index is -0.771. The van der Waals surface area contributed by atoms with E-state index in [1.54, 1.807) is 19.2 Å². The summed E-state index contributed by atoms with van der Waals surface area (Å²) in [4.78, 5) is 31.5. The van der Waals surface area contributed by atoms with Crippen LogP contribution in [-0.2, 0) is 22.4 Å². The fourth-order valence-corrected chi connectivity index (χ4v) is 5.45. The first-order valence-corrected chi connectivity index (χ1v) is 13.0. The maximum Gasteiger partial charge on any atom is 0.295 e. The van der Waals surface area contributed by atoms with E-state index in [0.717, 1.165) is 39.8 Å². The van der Waals surface area contributed by atoms with E-state index in [2.05, 4.69) is 11.9 Å². The molecule has 0 bridgehead atoms. The molecular formula is C30H26Cl2N2O4. The van der Waals surface area contributed by atoms with Crippen molar-refractivity contribution in [2.24, 2.45) is 0 Å². The van der Waals surface area contributed by atoms with Crippen LogP contribution in [-0.4, -0.2) is 40.3 Å². The van der Waals surface area contributed by atoms with Crippen molar-refractivity contribution in [3.8, 4) is 5.75 Å². The lowest BCUT2D eigenvalue weighted by atomic mass is 9.94. The standard InChI is InChI=1S/C30H26Cl2N2O4/c1-3-17-4-6-18(7-5-17)27-26(28(35)22-10-8-20(31)14-24(22)32)29(36)30(37)34(27)13-12-19-16-33-25-11-9-21(38-2)15-23(19)25/h4-11,14-16,27,33,35H,3,12-13H2,1-2H3/b28-26-. The van der Waals surface area contributed by atoms with Crippen LogP contribution in [0.2, 0.25) is 10.0 Å². The zero-order valence-corrected chi connectivity index (χ0v) is 22.4. The summed E-state index contributed by atoms with van der Waals surface area (Å²) in [5.41, 5.74) is 4.04. The molecule has 1 aliphatic rings. The van der Waals surface area contributed by atoms with Crippen LogP contribution >= 0.6 is 23.2 Å². The number of Topliss-reactive ketones (excluding diaryl/α,β-unsaturated/α-hetero) is 1. The van der Waals surface area contributed by atoms with E-state index in [9.17, 15) is 14.7 Å². The van der Waals surface area contributed by atoms with Crippen molar-refractivity contribution >= 4 is 51.6 Å². The van der Waals surface area contributed by atoms with Gasteiger partial charge in [0.15, 0.2) is 0 Å². The lowest BCUT2D eigenvalue weighted by molar-refractivity contribution is -0.139. The number of aryl methyl sites for hydroxylation is 1. The summed E-state index contributed by atoms with van der Waals surface area (Å²) in [7, 11) is 1.61. The largest absolute Gasteiger partial charge is 0.507 e. The molecule has 1 unspecified atom stereocenters. The van der Waals surface area contributed by atoms with Gasteiger partial charge in [0.1, 0.15) is 11.5 Å². The Kier molecular flexibility index (Phi) is 7.19. The van der Waals surface area contributed by atoms with Crippen LogP contribution in [0, 0.1) is 0 Å². The predicted molar refractivity (Wildman–Crippen MR) is 150 cm³/mol. The molecule has 1 amide bonds. The highest BCUT2D eigenvalue weighted by Crippen LogP contribution is 2.41. The van der Waals surface area contributed by atoms with Gasteiger partial charge in [-0.25, -0.2) is 0 Å². The minimum absolute atomic E-state index is 0.00377. The second kappa shape index (κ2) is 10.6. The second-order valence-electron chi connectivity index (χ2n) is 9.19. The Morgan fingerprint density at radius 1 is 1.05 bits per heavy atom. The van der Waals surface area contributed by atoms with Gasteiger partial charge in [0.05, 0.1) is 23.7 Å². The molecule has 0 saturated carbocycles. The number of fused-ring (bicyclic) bond motifs is 1. The van der Waals surface area contributed by atoms with Gasteiger partial charge in [-0.15, -0.1) is 0 Å². The van der Waals surface area contributed by atoms with E-state index in [4.69, 9.17) is 27.9 Å². The average Bonchev–Trinajstić information content (AvgIpc) is 3.44. The van der Waals surface area contributed by atoms with Crippen LogP contribution in [0.4, 0.5) is 0 Å². The fourth-order valence-electron chi connectivity index (χ4n) is 4.95. The quantitative estimate of drug-likeness (QED) is 0.153. The number of halogens is 2. The molecule has 0 radical (unpaired) electrons. The lowest BCUT2D eigenvalue weighted by Crippen LogP contribution is -2.31. The number of aliphatic hydroxyl groups excluding tert-OH is 1. The molecule has 194 valence electrons. The van der Waals surface area contributed by atoms with Crippen LogP contribution in [0.3, 0.4) is 0 Å². The van der Waals surface area contributed by atoms with Gasteiger partial charge in [0.2, 0.25) is 0 Å². The summed E-state index contributed by atoms with van der Waals surface area (Å²) in [6, 6.07) is 17.3. The molecule has 1 fully saturated rings. The zero-order chi connectivity index (χ0) is 27.0. The zero-order valence-electron chi connectivity index (χ0n) is 20.9. The molecule has 1 saturated heterocycles. The summed E-state index contributed by atoms with van der Waals surface area (Å²) >= 11 is 12.4. The molecule has 1 aromatic heterocycles. The Labute approximate surface area is 230 Å². The highest BCUT2D eigenvalue weighted by Gasteiger charge is 2.46. The number of carbonyl (C=O) groups excluding carboxylic acids is 2. The first-order valence-electron chi connectivity index (χ1n) is 12.3. The number of hydrogen-bond donors (Lipinski definition) is 2. The number of amides is 1. The van der Waals surface area contributed by atoms with Gasteiger partial charge in [0, 0.05) is 34.2 Å². The topological polar surface area (TPSA) is 82.6 Å². The summed E-state index contributed by atoms with van der Waals surface area (Å²) < 4.78 is 5.37. The highest BCUT2D eigenvalue weighted by molar-refractivity contribution is 6.47. The molecule has 38 heavy (non-hydrogen) atoms. The van der Waals surface area contributed by atoms with E-state index >= 15 is 0 Å². The molecule has 8 heteroatoms. The van der Waals surface area contributed by atoms with Crippen LogP contribution in [0.5, 0.6) is 5.75 Å². The summed E-state index contributed by atoms with van der Waals surface area (Å²) in [6.07, 6.45) is 3.25. The summed E-state index contributed by atoms with van der Waals surface area (Å²) in [6.45, 7) is 2.32. The van der Waals surface area contributed by atoms with Crippen molar-refractivity contribution in [1.29, 1.82) is 0 Å². The minimum Gasteiger partial charge on any atom is -0.507 e. The van der Waals surface area contributed by atoms with Gasteiger partial charge in [-0.2, -0.15) is 0 Å². The number of rotatable bonds is 7. The number of H-pyrrole nitrogens is 1. The smallest absolute Gasteiger partial charge is 0.295 e. The van der Waals surface area contributed by atoms with Crippen molar-refractivity contribution in [3.05, 3.63) is 105 Å². The number of aliphatic hydroxyl groups is 1. The van der Waals surface area contributed by atoms with Crippen LogP contribution in [0.25, 0.3) is 16.7 Å². The van der Waals surface area contributed by atoms with E-state index in [-0.39, 0.29) is 28.5 Å². The monoisotopic (exact) mass is 548 g/mol. The van der Waals surface area contributed by atoms with Gasteiger partial charge in [-0.1, -0.05) is 54.4 Å². The Balaban J connectivity index is 1.57. The molecule has 1 aliphatic heterocycles. The number of methoxy groups -OCH3 is 1. The number of carbonyl (C=O) groups is 2. The number of nitrogens with zero attached hydrogens (tertiary/aromatic N) is 1. The van der Waals surface area contributed by atoms with Gasteiger partial charge in [-0.3, -0.25) is 9.59 Å².